The van der Waals surface area contributed by atoms with E-state index in [0.29, 0.717) is 0 Å². The van der Waals surface area contributed by atoms with Gasteiger partial charge in [-0.05, 0) is 78.8 Å². The van der Waals surface area contributed by atoms with Gasteiger partial charge in [-0.15, -0.1) is 0 Å². The van der Waals surface area contributed by atoms with Crippen molar-refractivity contribution >= 4 is 51.3 Å². The predicted molar refractivity (Wildman–Crippen MR) is 90.5 cm³/mol. The largest absolute Gasteiger partial charge is 0.509 e. The third-order valence-electron chi connectivity index (χ3n) is 3.32. The molecule has 0 aromatic rings. The fraction of sp³-hybridized carbons (Fsp3) is 0.769. The van der Waals surface area contributed by atoms with Crippen molar-refractivity contribution in [2.45, 2.75) is 51.2 Å². The lowest BCUT2D eigenvalue weighted by atomic mass is 9.94. The van der Waals surface area contributed by atoms with Gasteiger partial charge in [0.1, 0.15) is 11.2 Å². The van der Waals surface area contributed by atoms with Gasteiger partial charge in [0.2, 0.25) is 0 Å². The first kappa shape index (κ1) is 15.7. The lowest BCUT2D eigenvalue weighted by molar-refractivity contribution is -0.0713. The second kappa shape index (κ2) is 5.57. The molecule has 19 heavy (non-hydrogen) atoms. The van der Waals surface area contributed by atoms with Gasteiger partial charge in [-0.1, -0.05) is 0 Å². The normalized spacial score (nSPS) is 26.4. The van der Waals surface area contributed by atoms with E-state index < -0.39 is 11.8 Å². The average Bonchev–Trinajstić information content (AvgIpc) is 2.47. The number of nitrogens with zero attached hydrogens (tertiary/aromatic N) is 1. The first-order chi connectivity index (χ1) is 8.71. The molecule has 0 saturated carbocycles. The zero-order chi connectivity index (χ0) is 14.3. The highest BCUT2D eigenvalue weighted by Gasteiger charge is 2.48. The molecule has 2 saturated heterocycles. The minimum absolute atomic E-state index is 0.377. The average molecular weight is 491 g/mol. The molecule has 6 heteroatoms. The monoisotopic (exact) mass is 491 g/mol. The van der Waals surface area contributed by atoms with Crippen molar-refractivity contribution in [3.8, 4) is 0 Å². The fourth-order valence-corrected chi connectivity index (χ4v) is 3.71. The van der Waals surface area contributed by atoms with Crippen molar-refractivity contribution in [3.63, 3.8) is 0 Å². The molecule has 2 aliphatic heterocycles. The van der Waals surface area contributed by atoms with Crippen LogP contribution in [-0.4, -0.2) is 35.3 Å². The Morgan fingerprint density at radius 1 is 1.37 bits per heavy atom. The van der Waals surface area contributed by atoms with Crippen LogP contribution in [0.1, 0.15) is 40.0 Å². The summed E-state index contributed by atoms with van der Waals surface area (Å²) in [6.45, 7) is 7.42. The van der Waals surface area contributed by atoms with Gasteiger partial charge in [0.25, 0.3) is 0 Å². The van der Waals surface area contributed by atoms with E-state index in [4.69, 9.17) is 9.47 Å². The summed E-state index contributed by atoms with van der Waals surface area (Å²) in [7, 11) is 0. The first-order valence-corrected chi connectivity index (χ1v) is 8.58. The van der Waals surface area contributed by atoms with E-state index in [1.807, 2.05) is 20.8 Å². The van der Waals surface area contributed by atoms with Crippen molar-refractivity contribution in [1.29, 1.82) is 0 Å². The molecule has 4 nitrogen and oxygen atoms in total. The van der Waals surface area contributed by atoms with Crippen LogP contribution in [0.5, 0.6) is 0 Å². The molecule has 1 unspecified atom stereocenters. The van der Waals surface area contributed by atoms with Crippen LogP contribution in [-0.2, 0) is 9.47 Å². The summed E-state index contributed by atoms with van der Waals surface area (Å²) in [5.41, 5.74) is 0.427. The molecule has 108 valence electrons. The van der Waals surface area contributed by atoms with Crippen molar-refractivity contribution in [2.75, 3.05) is 13.1 Å². The lowest BCUT2D eigenvalue weighted by Gasteiger charge is -2.34. The molecular weight excluding hydrogens is 472 g/mol. The van der Waals surface area contributed by atoms with E-state index in [9.17, 15) is 4.79 Å². The molecule has 1 atom stereocenters. The SMILES string of the molecule is CC(C)(C)OC(=O)OC12CCCN(C1)C(=C(I)I)C2. The van der Waals surface area contributed by atoms with Crippen molar-refractivity contribution in [3.05, 3.63) is 7.28 Å². The predicted octanol–water partition coefficient (Wildman–Crippen LogP) is 4.22. The summed E-state index contributed by atoms with van der Waals surface area (Å²) < 4.78 is 12.2. The molecule has 2 rings (SSSR count). The molecular formula is C13H19I2NO3. The number of carbonyl (C=O) groups is 1. The third kappa shape index (κ3) is 3.89. The highest BCUT2D eigenvalue weighted by Crippen LogP contribution is 2.44. The van der Waals surface area contributed by atoms with Gasteiger partial charge >= 0.3 is 6.16 Å². The van der Waals surface area contributed by atoms with Gasteiger partial charge in [0, 0.05) is 18.7 Å². The van der Waals surface area contributed by atoms with Crippen LogP contribution >= 0.6 is 45.2 Å². The van der Waals surface area contributed by atoms with Gasteiger partial charge in [-0.25, -0.2) is 4.79 Å². The topological polar surface area (TPSA) is 38.8 Å². The van der Waals surface area contributed by atoms with E-state index in [0.717, 1.165) is 32.4 Å². The highest BCUT2D eigenvalue weighted by atomic mass is 127. The zero-order valence-electron chi connectivity index (χ0n) is 11.5. The first-order valence-electron chi connectivity index (χ1n) is 6.42. The molecule has 2 heterocycles. The van der Waals surface area contributed by atoms with Crippen LogP contribution in [0, 0.1) is 0 Å². The number of carbonyl (C=O) groups excluding carboxylic acids is 1. The number of rotatable bonds is 1. The van der Waals surface area contributed by atoms with Crippen LogP contribution < -0.4 is 0 Å². The summed E-state index contributed by atoms with van der Waals surface area (Å²) >= 11 is 4.67. The van der Waals surface area contributed by atoms with Gasteiger partial charge in [0.05, 0.1) is 8.13 Å². The summed E-state index contributed by atoms with van der Waals surface area (Å²) in [5.74, 6) is 0. The van der Waals surface area contributed by atoms with Gasteiger partial charge in [0.15, 0.2) is 0 Å². The Balaban J connectivity index is 2.08. The highest BCUT2D eigenvalue weighted by molar-refractivity contribution is 14.2. The second-order valence-corrected chi connectivity index (χ2v) is 10.4. The second-order valence-electron chi connectivity index (χ2n) is 6.16. The molecule has 2 fully saturated rings. The van der Waals surface area contributed by atoms with Crippen LogP contribution in [0.15, 0.2) is 7.28 Å². The molecule has 2 bridgehead atoms. The maximum absolute atomic E-state index is 11.9. The zero-order valence-corrected chi connectivity index (χ0v) is 15.8. The van der Waals surface area contributed by atoms with Crippen LogP contribution in [0.2, 0.25) is 0 Å². The summed E-state index contributed by atoms with van der Waals surface area (Å²) in [5, 5.41) is 0. The number of hydrogen-bond acceptors (Lipinski definition) is 4. The molecule has 0 N–H and O–H groups in total. The van der Waals surface area contributed by atoms with Crippen molar-refractivity contribution in [1.82, 2.24) is 4.90 Å². The van der Waals surface area contributed by atoms with Crippen LogP contribution in [0.4, 0.5) is 4.79 Å². The Bertz CT molecular complexity index is 413. The van der Waals surface area contributed by atoms with Gasteiger partial charge in [-0.2, -0.15) is 0 Å². The van der Waals surface area contributed by atoms with E-state index in [1.165, 1.54) is 7.28 Å². The summed E-state index contributed by atoms with van der Waals surface area (Å²) in [4.78, 5) is 14.2. The Labute approximate surface area is 141 Å². The van der Waals surface area contributed by atoms with Crippen molar-refractivity contribution in [2.24, 2.45) is 0 Å². The van der Waals surface area contributed by atoms with E-state index >= 15 is 0 Å². The smallest absolute Gasteiger partial charge is 0.429 e. The van der Waals surface area contributed by atoms with E-state index in [2.05, 4.69) is 50.1 Å². The number of ether oxygens (including phenoxy) is 2. The molecule has 0 amide bonds. The summed E-state index contributed by atoms with van der Waals surface area (Å²) in [6, 6.07) is 0. The molecule has 0 spiro atoms. The van der Waals surface area contributed by atoms with Crippen molar-refractivity contribution < 1.29 is 14.3 Å². The summed E-state index contributed by atoms with van der Waals surface area (Å²) in [6.07, 6.45) is 2.26. The number of hydrogen-bond donors (Lipinski definition) is 0. The Morgan fingerprint density at radius 3 is 2.63 bits per heavy atom. The quantitative estimate of drug-likeness (QED) is 0.407. The lowest BCUT2D eigenvalue weighted by Crippen LogP contribution is -2.43. The van der Waals surface area contributed by atoms with Crippen LogP contribution in [0.3, 0.4) is 0 Å². The maximum Gasteiger partial charge on any atom is 0.509 e. The molecule has 0 aromatic heterocycles. The standard InChI is InChI=1S/C13H19I2NO3/c1-12(2,3)18-11(17)19-13-5-4-6-16(8-13)9(7-13)10(14)15/h4-8H2,1-3H3. The van der Waals surface area contributed by atoms with E-state index in [-0.39, 0.29) is 5.60 Å². The molecule has 2 aliphatic rings. The Hall–Kier alpha value is 0.270. The minimum atomic E-state index is -0.543. The number of piperidine rings is 1. The number of fused-ring (bicyclic) bond motifs is 2. The third-order valence-corrected chi connectivity index (χ3v) is 4.56. The van der Waals surface area contributed by atoms with E-state index in [1.54, 1.807) is 0 Å². The Morgan fingerprint density at radius 2 is 2.05 bits per heavy atom. The number of halogens is 2. The molecule has 0 aliphatic carbocycles. The van der Waals surface area contributed by atoms with Gasteiger partial charge in [-0.3, -0.25) is 0 Å². The van der Waals surface area contributed by atoms with Crippen LogP contribution in [0.25, 0.3) is 0 Å². The maximum atomic E-state index is 11.9. The molecule has 0 aromatic carbocycles. The Kier molecular flexibility index (Phi) is 4.59. The molecule has 0 radical (unpaired) electrons. The van der Waals surface area contributed by atoms with Gasteiger partial charge < -0.3 is 14.4 Å². The minimum Gasteiger partial charge on any atom is -0.429 e. The fourth-order valence-electron chi connectivity index (χ4n) is 2.64.